The summed E-state index contributed by atoms with van der Waals surface area (Å²) in [6.45, 7) is 3.08. The van der Waals surface area contributed by atoms with Crippen LogP contribution in [0.15, 0.2) is 27.8 Å². The summed E-state index contributed by atoms with van der Waals surface area (Å²) in [5.41, 5.74) is 0.569. The number of nitrogens with one attached hydrogen (secondary N) is 1. The van der Waals surface area contributed by atoms with Crippen molar-refractivity contribution in [3.8, 4) is 0 Å². The van der Waals surface area contributed by atoms with Gasteiger partial charge in [-0.1, -0.05) is 0 Å². The predicted octanol–water partition coefficient (Wildman–Crippen LogP) is 1.06. The molecule has 0 aliphatic carbocycles. The van der Waals surface area contributed by atoms with E-state index in [0.717, 1.165) is 38.7 Å². The van der Waals surface area contributed by atoms with Crippen molar-refractivity contribution in [1.29, 1.82) is 0 Å². The first-order valence-corrected chi connectivity index (χ1v) is 9.91. The van der Waals surface area contributed by atoms with Crippen LogP contribution in [0.4, 0.5) is 0 Å². The molecule has 1 atom stereocenters. The van der Waals surface area contributed by atoms with Crippen LogP contribution in [0, 0.1) is 5.92 Å². The fourth-order valence-corrected chi connectivity index (χ4v) is 4.47. The van der Waals surface area contributed by atoms with E-state index in [2.05, 4.69) is 15.2 Å². The molecule has 5 rings (SSSR count). The first-order valence-electron chi connectivity index (χ1n) is 8.02. The fraction of sp³-hybridized carbons (Fsp3) is 0.500. The van der Waals surface area contributed by atoms with Gasteiger partial charge in [0.05, 0.1) is 6.20 Å². The Bertz CT molecular complexity index is 897. The second kappa shape index (κ2) is 5.56. The maximum atomic E-state index is 12.5. The van der Waals surface area contributed by atoms with Gasteiger partial charge in [-0.25, -0.2) is 13.4 Å². The minimum atomic E-state index is -3.42. The van der Waals surface area contributed by atoms with Crippen LogP contribution in [0.3, 0.4) is 0 Å². The predicted molar refractivity (Wildman–Crippen MR) is 87.5 cm³/mol. The van der Waals surface area contributed by atoms with E-state index in [4.69, 9.17) is 4.42 Å². The second-order valence-electron chi connectivity index (χ2n) is 6.66. The summed E-state index contributed by atoms with van der Waals surface area (Å²) in [4.78, 5) is 19.1. The zero-order chi connectivity index (χ0) is 16.9. The number of carbonyl (C=O) groups excluding carboxylic acids is 1. The third-order valence-corrected chi connectivity index (χ3v) is 6.15. The summed E-state index contributed by atoms with van der Waals surface area (Å²) in [7, 11) is -3.42. The molecule has 0 aromatic carbocycles. The quantitative estimate of drug-likeness (QED) is 0.891. The highest BCUT2D eigenvalue weighted by atomic mass is 32.2. The van der Waals surface area contributed by atoms with E-state index in [1.165, 1.54) is 18.5 Å². The van der Waals surface area contributed by atoms with Gasteiger partial charge in [0.1, 0.15) is 16.9 Å². The molecule has 3 aliphatic heterocycles. The van der Waals surface area contributed by atoms with Gasteiger partial charge in [0, 0.05) is 24.2 Å². The molecule has 3 saturated heterocycles. The second-order valence-corrected chi connectivity index (χ2v) is 8.64. The van der Waals surface area contributed by atoms with Crippen molar-refractivity contribution < 1.29 is 17.6 Å². The molecule has 0 radical (unpaired) electrons. The zero-order valence-electron chi connectivity index (χ0n) is 13.4. The van der Waals surface area contributed by atoms with Gasteiger partial charge >= 0.3 is 0 Å². The molecule has 7 nitrogen and oxygen atoms in total. The summed E-state index contributed by atoms with van der Waals surface area (Å²) in [6, 6.07) is 1.63. The van der Waals surface area contributed by atoms with Crippen molar-refractivity contribution in [2.45, 2.75) is 23.8 Å². The molecule has 1 N–H and O–H groups in total. The minimum absolute atomic E-state index is 0.0804. The Morgan fingerprint density at radius 2 is 2.12 bits per heavy atom. The van der Waals surface area contributed by atoms with Crippen LogP contribution < -0.4 is 5.32 Å². The standard InChI is InChI=1S/C16H19N3O4S/c1-24(21,22)15-9-23-14-7-17-12(6-11(14)15)16(20)18-13-8-19-4-2-10(13)3-5-19/h6-7,9-10,13H,2-5,8H2,1H3,(H,18,20). The van der Waals surface area contributed by atoms with Gasteiger partial charge in [0.2, 0.25) is 0 Å². The number of hydrogen-bond donors (Lipinski definition) is 1. The Morgan fingerprint density at radius 3 is 2.75 bits per heavy atom. The maximum absolute atomic E-state index is 12.5. The van der Waals surface area contributed by atoms with Gasteiger partial charge in [-0.3, -0.25) is 4.79 Å². The maximum Gasteiger partial charge on any atom is 0.270 e. The number of carbonyl (C=O) groups is 1. The monoisotopic (exact) mass is 349 g/mol. The largest absolute Gasteiger partial charge is 0.461 e. The molecule has 2 bridgehead atoms. The van der Waals surface area contributed by atoms with E-state index in [1.807, 2.05) is 0 Å². The van der Waals surface area contributed by atoms with Crippen molar-refractivity contribution in [2.75, 3.05) is 25.9 Å². The molecule has 0 saturated carbocycles. The molecule has 1 amide bonds. The number of furan rings is 1. The lowest BCUT2D eigenvalue weighted by Gasteiger charge is -2.44. The highest BCUT2D eigenvalue weighted by Gasteiger charge is 2.35. The number of nitrogens with zero attached hydrogens (tertiary/aromatic N) is 2. The zero-order valence-corrected chi connectivity index (χ0v) is 14.2. The van der Waals surface area contributed by atoms with Crippen molar-refractivity contribution in [2.24, 2.45) is 5.92 Å². The van der Waals surface area contributed by atoms with E-state index < -0.39 is 9.84 Å². The van der Waals surface area contributed by atoms with Crippen molar-refractivity contribution in [1.82, 2.24) is 15.2 Å². The first-order chi connectivity index (χ1) is 11.4. The summed E-state index contributed by atoms with van der Waals surface area (Å²) < 4.78 is 28.8. The molecule has 1 unspecified atom stereocenters. The van der Waals surface area contributed by atoms with E-state index >= 15 is 0 Å². The van der Waals surface area contributed by atoms with Crippen molar-refractivity contribution >= 4 is 26.7 Å². The Morgan fingerprint density at radius 1 is 1.38 bits per heavy atom. The van der Waals surface area contributed by atoms with E-state index in [0.29, 0.717) is 16.9 Å². The van der Waals surface area contributed by atoms with E-state index in [1.54, 1.807) is 0 Å². The lowest BCUT2D eigenvalue weighted by Crippen LogP contribution is -2.57. The number of pyridine rings is 1. The number of fused-ring (bicyclic) bond motifs is 4. The molecule has 3 aliphatic rings. The molecule has 24 heavy (non-hydrogen) atoms. The lowest BCUT2D eigenvalue weighted by atomic mass is 9.84. The third-order valence-electron chi connectivity index (χ3n) is 5.03. The topological polar surface area (TPSA) is 92.5 Å². The average molecular weight is 349 g/mol. The number of piperidine rings is 3. The molecular formula is C16H19N3O4S. The van der Waals surface area contributed by atoms with Crippen LogP contribution in [-0.4, -0.2) is 56.1 Å². The van der Waals surface area contributed by atoms with Gasteiger partial charge in [-0.05, 0) is 37.9 Å². The van der Waals surface area contributed by atoms with Gasteiger partial charge < -0.3 is 14.6 Å². The summed E-state index contributed by atoms with van der Waals surface area (Å²) >= 11 is 0. The molecular weight excluding hydrogens is 330 g/mol. The van der Waals surface area contributed by atoms with Crippen LogP contribution in [0.2, 0.25) is 0 Å². The van der Waals surface area contributed by atoms with Crippen LogP contribution in [0.1, 0.15) is 23.3 Å². The molecule has 128 valence electrons. The van der Waals surface area contributed by atoms with Crippen molar-refractivity contribution in [3.05, 3.63) is 24.2 Å². The molecule has 0 spiro atoms. The molecule has 2 aromatic rings. The number of rotatable bonds is 3. The van der Waals surface area contributed by atoms with E-state index in [-0.39, 0.29) is 22.5 Å². The Balaban J connectivity index is 1.60. The Kier molecular flexibility index (Phi) is 3.61. The number of hydrogen-bond acceptors (Lipinski definition) is 6. The SMILES string of the molecule is CS(=O)(=O)c1coc2cnc(C(=O)NC3CN4CCC3CC4)cc12. The molecule has 5 heterocycles. The van der Waals surface area contributed by atoms with Crippen molar-refractivity contribution in [3.63, 3.8) is 0 Å². The third kappa shape index (κ3) is 2.69. The lowest BCUT2D eigenvalue weighted by molar-refractivity contribution is 0.0618. The summed E-state index contributed by atoms with van der Waals surface area (Å²) in [6.07, 6.45) is 5.92. The van der Waals surface area contributed by atoms with Crippen LogP contribution >= 0.6 is 0 Å². The van der Waals surface area contributed by atoms with Gasteiger partial charge in [-0.15, -0.1) is 0 Å². The summed E-state index contributed by atoms with van der Waals surface area (Å²) in [5, 5.41) is 3.45. The van der Waals surface area contributed by atoms with Gasteiger partial charge in [-0.2, -0.15) is 0 Å². The van der Waals surface area contributed by atoms with E-state index in [9.17, 15) is 13.2 Å². The molecule has 8 heteroatoms. The number of amides is 1. The average Bonchev–Trinajstić information content (AvgIpc) is 2.99. The highest BCUT2D eigenvalue weighted by molar-refractivity contribution is 7.91. The Hall–Kier alpha value is -1.93. The van der Waals surface area contributed by atoms with Gasteiger partial charge in [0.15, 0.2) is 15.4 Å². The number of aromatic nitrogens is 1. The first kappa shape index (κ1) is 15.6. The van der Waals surface area contributed by atoms with Crippen LogP contribution in [0.25, 0.3) is 11.0 Å². The van der Waals surface area contributed by atoms with Crippen LogP contribution in [0.5, 0.6) is 0 Å². The minimum Gasteiger partial charge on any atom is -0.461 e. The normalized spacial score (nSPS) is 26.6. The Labute approximate surface area is 139 Å². The number of sulfone groups is 1. The fourth-order valence-electron chi connectivity index (χ4n) is 3.69. The summed E-state index contributed by atoms with van der Waals surface area (Å²) in [5.74, 6) is 0.250. The smallest absolute Gasteiger partial charge is 0.270 e. The van der Waals surface area contributed by atoms with Gasteiger partial charge in [0.25, 0.3) is 5.91 Å². The van der Waals surface area contributed by atoms with Crippen LogP contribution in [-0.2, 0) is 9.84 Å². The molecule has 3 fully saturated rings. The molecule has 2 aromatic heterocycles. The highest BCUT2D eigenvalue weighted by Crippen LogP contribution is 2.28.